The molecule has 0 aliphatic rings. The number of hydrogen-bond acceptors (Lipinski definition) is 5. The van der Waals surface area contributed by atoms with Gasteiger partial charge in [0.25, 0.3) is 0 Å². The van der Waals surface area contributed by atoms with Crippen LogP contribution in [0, 0.1) is 0 Å². The Kier molecular flexibility index (Phi) is 1.86. The van der Waals surface area contributed by atoms with Crippen molar-refractivity contribution in [2.45, 2.75) is 0 Å². The van der Waals surface area contributed by atoms with Crippen molar-refractivity contribution in [1.29, 1.82) is 0 Å². The minimum absolute atomic E-state index is 0.185. The van der Waals surface area contributed by atoms with E-state index in [1.54, 1.807) is 0 Å². The maximum Gasteiger partial charge on any atom is 0.219 e. The SMILES string of the molecule is N/N=C(\N)c1cnc(N)nc1. The molecule has 1 aromatic rings. The zero-order valence-corrected chi connectivity index (χ0v) is 5.73. The molecule has 0 aliphatic heterocycles. The summed E-state index contributed by atoms with van der Waals surface area (Å²) in [6, 6.07) is 0. The van der Waals surface area contributed by atoms with Crippen LogP contribution in [0.2, 0.25) is 0 Å². The van der Waals surface area contributed by atoms with Gasteiger partial charge in [0.05, 0.1) is 5.56 Å². The molecular weight excluding hydrogens is 144 g/mol. The lowest BCUT2D eigenvalue weighted by atomic mass is 10.3. The van der Waals surface area contributed by atoms with Crippen molar-refractivity contribution in [2.75, 3.05) is 5.73 Å². The first-order chi connectivity index (χ1) is 5.24. The van der Waals surface area contributed by atoms with E-state index < -0.39 is 0 Å². The topological polar surface area (TPSA) is 116 Å². The van der Waals surface area contributed by atoms with Gasteiger partial charge in [0.2, 0.25) is 5.95 Å². The van der Waals surface area contributed by atoms with Crippen molar-refractivity contribution < 1.29 is 0 Å². The molecule has 0 aliphatic carbocycles. The lowest BCUT2D eigenvalue weighted by Gasteiger charge is -1.96. The Balaban J connectivity index is 2.99. The smallest absolute Gasteiger partial charge is 0.219 e. The van der Waals surface area contributed by atoms with E-state index in [-0.39, 0.29) is 11.8 Å². The molecule has 1 rings (SSSR count). The van der Waals surface area contributed by atoms with E-state index in [0.29, 0.717) is 5.56 Å². The second-order valence-corrected chi connectivity index (χ2v) is 1.84. The van der Waals surface area contributed by atoms with Crippen LogP contribution in [0.5, 0.6) is 0 Å². The highest BCUT2D eigenvalue weighted by Crippen LogP contribution is 1.94. The molecule has 1 aromatic heterocycles. The summed E-state index contributed by atoms with van der Waals surface area (Å²) in [5.41, 5.74) is 11.1. The fourth-order valence-corrected chi connectivity index (χ4v) is 0.545. The van der Waals surface area contributed by atoms with Gasteiger partial charge >= 0.3 is 0 Å². The zero-order valence-electron chi connectivity index (χ0n) is 5.73. The van der Waals surface area contributed by atoms with Crippen LogP contribution >= 0.6 is 0 Å². The first-order valence-electron chi connectivity index (χ1n) is 2.85. The molecule has 0 radical (unpaired) electrons. The van der Waals surface area contributed by atoms with E-state index in [1.165, 1.54) is 12.4 Å². The minimum atomic E-state index is 0.185. The highest BCUT2D eigenvalue weighted by Gasteiger charge is 1.97. The Labute approximate surface area is 63.1 Å². The molecule has 0 unspecified atom stereocenters. The van der Waals surface area contributed by atoms with Crippen LogP contribution in [0.4, 0.5) is 5.95 Å². The Morgan fingerprint density at radius 2 is 1.91 bits per heavy atom. The second kappa shape index (κ2) is 2.82. The normalized spacial score (nSPS) is 11.5. The predicted octanol–water partition coefficient (Wildman–Crippen LogP) is -1.36. The molecule has 0 bridgehead atoms. The molecule has 0 spiro atoms. The summed E-state index contributed by atoms with van der Waals surface area (Å²) in [5.74, 6) is 5.30. The number of anilines is 1. The molecule has 6 N–H and O–H groups in total. The average molecular weight is 152 g/mol. The van der Waals surface area contributed by atoms with Crippen LogP contribution in [0.25, 0.3) is 0 Å². The molecule has 0 fully saturated rings. The first kappa shape index (κ1) is 7.26. The highest BCUT2D eigenvalue weighted by atomic mass is 15.2. The summed E-state index contributed by atoms with van der Waals surface area (Å²) in [6.45, 7) is 0. The Morgan fingerprint density at radius 3 is 2.36 bits per heavy atom. The van der Waals surface area contributed by atoms with Gasteiger partial charge in [-0.1, -0.05) is 0 Å². The molecule has 0 saturated carbocycles. The van der Waals surface area contributed by atoms with Crippen LogP contribution < -0.4 is 17.3 Å². The molecule has 0 aromatic carbocycles. The van der Waals surface area contributed by atoms with E-state index in [4.69, 9.17) is 17.3 Å². The maximum absolute atomic E-state index is 5.35. The molecule has 0 amide bonds. The Hall–Kier alpha value is -1.85. The van der Waals surface area contributed by atoms with Gasteiger partial charge in [-0.05, 0) is 0 Å². The van der Waals surface area contributed by atoms with Crippen molar-refractivity contribution in [3.63, 3.8) is 0 Å². The largest absolute Gasteiger partial charge is 0.382 e. The second-order valence-electron chi connectivity index (χ2n) is 1.84. The number of aromatic nitrogens is 2. The number of nitrogen functional groups attached to an aromatic ring is 1. The van der Waals surface area contributed by atoms with E-state index in [0.717, 1.165) is 0 Å². The number of hydrogen-bond donors (Lipinski definition) is 3. The van der Waals surface area contributed by atoms with E-state index in [1.807, 2.05) is 0 Å². The third kappa shape index (κ3) is 1.54. The summed E-state index contributed by atoms with van der Waals surface area (Å²) in [7, 11) is 0. The summed E-state index contributed by atoms with van der Waals surface area (Å²) in [4.78, 5) is 7.40. The van der Waals surface area contributed by atoms with Crippen LogP contribution in [0.1, 0.15) is 5.56 Å². The highest BCUT2D eigenvalue weighted by molar-refractivity contribution is 5.96. The Morgan fingerprint density at radius 1 is 1.36 bits per heavy atom. The van der Waals surface area contributed by atoms with Gasteiger partial charge in [-0.15, -0.1) is 0 Å². The van der Waals surface area contributed by atoms with Crippen LogP contribution in [-0.2, 0) is 0 Å². The third-order valence-electron chi connectivity index (χ3n) is 1.11. The van der Waals surface area contributed by atoms with Crippen LogP contribution in [-0.4, -0.2) is 15.8 Å². The lowest BCUT2D eigenvalue weighted by molar-refractivity contribution is 1.16. The molecule has 58 valence electrons. The minimum Gasteiger partial charge on any atom is -0.382 e. The van der Waals surface area contributed by atoms with Crippen LogP contribution in [0.3, 0.4) is 0 Å². The summed E-state index contributed by atoms with van der Waals surface area (Å²) >= 11 is 0. The number of hydrazone groups is 1. The molecule has 6 heteroatoms. The van der Waals surface area contributed by atoms with Gasteiger partial charge in [0, 0.05) is 12.4 Å². The molecular formula is C5H8N6. The zero-order chi connectivity index (χ0) is 8.27. The van der Waals surface area contributed by atoms with Gasteiger partial charge in [-0.25, -0.2) is 9.97 Å². The summed E-state index contributed by atoms with van der Waals surface area (Å²) in [6.07, 6.45) is 2.90. The summed E-state index contributed by atoms with van der Waals surface area (Å²) in [5, 5.41) is 3.26. The average Bonchev–Trinajstić information content (AvgIpc) is 2.05. The Bertz CT molecular complexity index is 263. The van der Waals surface area contributed by atoms with Gasteiger partial charge in [0.15, 0.2) is 5.84 Å². The standard InChI is InChI=1S/C5H8N6/c6-4(11-8)3-1-9-5(7)10-2-3/h1-2H,8H2,(H2,6,11)(H2,7,9,10). The molecule has 6 nitrogen and oxygen atoms in total. The van der Waals surface area contributed by atoms with Gasteiger partial charge in [-0.2, -0.15) is 5.10 Å². The monoisotopic (exact) mass is 152 g/mol. The number of nitrogens with two attached hydrogens (primary N) is 3. The third-order valence-corrected chi connectivity index (χ3v) is 1.11. The molecule has 0 atom stereocenters. The number of amidine groups is 1. The lowest BCUT2D eigenvalue weighted by Crippen LogP contribution is -2.16. The molecule has 11 heavy (non-hydrogen) atoms. The quantitative estimate of drug-likeness (QED) is 0.199. The van der Waals surface area contributed by atoms with Gasteiger partial charge in [0.1, 0.15) is 0 Å². The number of nitrogens with zero attached hydrogens (tertiary/aromatic N) is 3. The predicted molar refractivity (Wildman–Crippen MR) is 41.4 cm³/mol. The maximum atomic E-state index is 5.35. The van der Waals surface area contributed by atoms with E-state index >= 15 is 0 Å². The van der Waals surface area contributed by atoms with Crippen molar-refractivity contribution in [3.05, 3.63) is 18.0 Å². The summed E-state index contributed by atoms with van der Waals surface area (Å²) < 4.78 is 0. The number of rotatable bonds is 1. The van der Waals surface area contributed by atoms with Crippen molar-refractivity contribution >= 4 is 11.8 Å². The first-order valence-corrected chi connectivity index (χ1v) is 2.85. The van der Waals surface area contributed by atoms with E-state index in [9.17, 15) is 0 Å². The van der Waals surface area contributed by atoms with Gasteiger partial charge < -0.3 is 17.3 Å². The van der Waals surface area contributed by atoms with E-state index in [2.05, 4.69) is 15.1 Å². The van der Waals surface area contributed by atoms with Gasteiger partial charge in [-0.3, -0.25) is 0 Å². The van der Waals surface area contributed by atoms with Crippen LogP contribution in [0.15, 0.2) is 17.5 Å². The van der Waals surface area contributed by atoms with Crippen molar-refractivity contribution in [2.24, 2.45) is 16.7 Å². The molecule has 0 saturated heterocycles. The van der Waals surface area contributed by atoms with Crippen molar-refractivity contribution in [1.82, 2.24) is 9.97 Å². The fourth-order valence-electron chi connectivity index (χ4n) is 0.545. The van der Waals surface area contributed by atoms with Crippen molar-refractivity contribution in [3.8, 4) is 0 Å². The molecule has 1 heterocycles. The fraction of sp³-hybridized carbons (Fsp3) is 0.